The monoisotopic (exact) mass is 771 g/mol. The second kappa shape index (κ2) is 14.1. The van der Waals surface area contributed by atoms with Crippen molar-refractivity contribution in [3.05, 3.63) is 223 Å². The second-order valence-electron chi connectivity index (χ2n) is 16.2. The fourth-order valence-corrected chi connectivity index (χ4v) is 10.3. The predicted molar refractivity (Wildman–Crippen MR) is 253 cm³/mol. The highest BCUT2D eigenvalue weighted by Gasteiger charge is 2.36. The van der Waals surface area contributed by atoms with Crippen LogP contribution in [0.3, 0.4) is 0 Å². The Balaban J connectivity index is 1.04. The van der Waals surface area contributed by atoms with E-state index in [1.165, 1.54) is 86.9 Å². The molecule has 0 spiro atoms. The van der Waals surface area contributed by atoms with Gasteiger partial charge in [-0.3, -0.25) is 0 Å². The molecule has 0 radical (unpaired) electrons. The van der Waals surface area contributed by atoms with Gasteiger partial charge in [0.05, 0.1) is 0 Å². The van der Waals surface area contributed by atoms with E-state index in [2.05, 4.69) is 231 Å². The second-order valence-corrected chi connectivity index (χ2v) is 17.3. The number of fused-ring (bicyclic) bond motifs is 6. The average molecular weight is 772 g/mol. The third-order valence-corrected chi connectivity index (χ3v) is 13.4. The molecule has 1 aliphatic carbocycles. The zero-order chi connectivity index (χ0) is 39.5. The first-order valence-electron chi connectivity index (χ1n) is 20.4. The van der Waals surface area contributed by atoms with E-state index in [1.54, 1.807) is 0 Å². The number of nitrogens with zero attached hydrogens (tertiary/aromatic N) is 1. The predicted octanol–water partition coefficient (Wildman–Crippen LogP) is 16.5. The Morgan fingerprint density at radius 1 is 0.322 bits per heavy atom. The smallest absolute Gasteiger partial charge is 0.0468 e. The van der Waals surface area contributed by atoms with Crippen molar-refractivity contribution in [2.45, 2.75) is 19.3 Å². The highest BCUT2D eigenvalue weighted by atomic mass is 32.1. The SMILES string of the molecule is CC1(C)c2cc(-c3ccccc3)ccc2-c2ccc(N(c3ccc(-c4cc(-c5ccccc5)cc(-c5ccccc5)c4)cc3)c3ccc4sc5ccccc5c4c3)cc21. The van der Waals surface area contributed by atoms with Gasteiger partial charge in [0.2, 0.25) is 0 Å². The molecule has 2 heteroatoms. The number of rotatable bonds is 7. The van der Waals surface area contributed by atoms with Crippen molar-refractivity contribution in [1.82, 2.24) is 0 Å². The van der Waals surface area contributed by atoms with E-state index in [-0.39, 0.29) is 5.41 Å². The van der Waals surface area contributed by atoms with Gasteiger partial charge in [-0.15, -0.1) is 11.3 Å². The first kappa shape index (κ1) is 35.2. The van der Waals surface area contributed by atoms with E-state index in [0.29, 0.717) is 0 Å². The van der Waals surface area contributed by atoms with Crippen LogP contribution in [0, 0.1) is 0 Å². The lowest BCUT2D eigenvalue weighted by atomic mass is 9.81. The molecule has 280 valence electrons. The van der Waals surface area contributed by atoms with Crippen LogP contribution in [0.2, 0.25) is 0 Å². The van der Waals surface area contributed by atoms with Crippen molar-refractivity contribution in [2.24, 2.45) is 0 Å². The lowest BCUT2D eigenvalue weighted by molar-refractivity contribution is 0.660. The van der Waals surface area contributed by atoms with Crippen LogP contribution >= 0.6 is 11.3 Å². The van der Waals surface area contributed by atoms with Crippen molar-refractivity contribution in [2.75, 3.05) is 4.90 Å². The number of anilines is 3. The Morgan fingerprint density at radius 3 is 1.39 bits per heavy atom. The minimum Gasteiger partial charge on any atom is -0.310 e. The lowest BCUT2D eigenvalue weighted by Crippen LogP contribution is -2.16. The topological polar surface area (TPSA) is 3.24 Å². The Kier molecular flexibility index (Phi) is 8.43. The van der Waals surface area contributed by atoms with Gasteiger partial charge in [0.1, 0.15) is 0 Å². The highest BCUT2D eigenvalue weighted by molar-refractivity contribution is 7.25. The number of benzene rings is 9. The third kappa shape index (κ3) is 6.16. The summed E-state index contributed by atoms with van der Waals surface area (Å²) in [5, 5.41) is 2.59. The molecule has 1 aliphatic rings. The highest BCUT2D eigenvalue weighted by Crippen LogP contribution is 2.52. The van der Waals surface area contributed by atoms with E-state index >= 15 is 0 Å². The maximum absolute atomic E-state index is 2.44. The van der Waals surface area contributed by atoms with E-state index in [0.717, 1.165) is 17.1 Å². The fraction of sp³-hybridized carbons (Fsp3) is 0.0526. The van der Waals surface area contributed by atoms with Crippen LogP contribution in [-0.2, 0) is 5.41 Å². The van der Waals surface area contributed by atoms with Crippen molar-refractivity contribution < 1.29 is 0 Å². The molecule has 1 nitrogen and oxygen atoms in total. The molecule has 9 aromatic carbocycles. The molecule has 1 aromatic heterocycles. The standard InChI is InChI=1S/C57H41NS/c1-57(2)53-35-42(38-14-6-3-7-15-38)24-29-49(53)50-30-27-48(37-54(50)57)58(47-28-31-56-52(36-47)51-20-12-13-21-55(51)59-56)46-25-22-41(23-26-46)45-33-43(39-16-8-4-9-17-39)32-44(34-45)40-18-10-5-11-19-40/h3-37H,1-2H3. The molecule has 0 bridgehead atoms. The van der Waals surface area contributed by atoms with Crippen LogP contribution in [0.4, 0.5) is 17.1 Å². The summed E-state index contributed by atoms with van der Waals surface area (Å²) in [6.07, 6.45) is 0. The summed E-state index contributed by atoms with van der Waals surface area (Å²) in [6.45, 7) is 4.76. The van der Waals surface area contributed by atoms with Gasteiger partial charge >= 0.3 is 0 Å². The summed E-state index contributed by atoms with van der Waals surface area (Å²) in [7, 11) is 0. The van der Waals surface area contributed by atoms with Crippen LogP contribution in [0.5, 0.6) is 0 Å². The quantitative estimate of drug-likeness (QED) is 0.156. The van der Waals surface area contributed by atoms with E-state index in [4.69, 9.17) is 0 Å². The van der Waals surface area contributed by atoms with Gasteiger partial charge in [0.25, 0.3) is 0 Å². The van der Waals surface area contributed by atoms with Gasteiger partial charge in [0, 0.05) is 42.6 Å². The summed E-state index contributed by atoms with van der Waals surface area (Å²) < 4.78 is 2.62. The minimum absolute atomic E-state index is 0.172. The summed E-state index contributed by atoms with van der Waals surface area (Å²) in [4.78, 5) is 2.44. The molecule has 0 unspecified atom stereocenters. The van der Waals surface area contributed by atoms with Gasteiger partial charge < -0.3 is 4.90 Å². The van der Waals surface area contributed by atoms with E-state index in [9.17, 15) is 0 Å². The molecule has 11 rings (SSSR count). The Labute approximate surface area is 350 Å². The summed E-state index contributed by atoms with van der Waals surface area (Å²) in [6, 6.07) is 78.1. The van der Waals surface area contributed by atoms with E-state index < -0.39 is 0 Å². The average Bonchev–Trinajstić information content (AvgIpc) is 3.78. The molecule has 0 atom stereocenters. The molecule has 0 amide bonds. The molecule has 10 aromatic rings. The zero-order valence-corrected chi connectivity index (χ0v) is 33.9. The Bertz CT molecular complexity index is 3100. The molecule has 0 saturated carbocycles. The fourth-order valence-electron chi connectivity index (χ4n) is 9.17. The first-order chi connectivity index (χ1) is 29.0. The molecule has 0 saturated heterocycles. The minimum atomic E-state index is -0.172. The van der Waals surface area contributed by atoms with E-state index in [1.807, 2.05) is 11.3 Å². The summed E-state index contributed by atoms with van der Waals surface area (Å²) in [5.41, 5.74) is 18.3. The zero-order valence-electron chi connectivity index (χ0n) is 33.1. The Hall–Kier alpha value is -7.00. The largest absolute Gasteiger partial charge is 0.310 e. The number of thiophene rings is 1. The van der Waals surface area contributed by atoms with Crippen LogP contribution < -0.4 is 4.90 Å². The van der Waals surface area contributed by atoms with Gasteiger partial charge in [-0.05, 0) is 140 Å². The summed E-state index contributed by atoms with van der Waals surface area (Å²) in [5.74, 6) is 0. The van der Waals surface area contributed by atoms with Crippen LogP contribution in [0.1, 0.15) is 25.0 Å². The van der Waals surface area contributed by atoms with Crippen LogP contribution in [0.25, 0.3) is 75.8 Å². The third-order valence-electron chi connectivity index (χ3n) is 12.2. The molecular formula is C57H41NS. The molecular weight excluding hydrogens is 731 g/mol. The number of hydrogen-bond donors (Lipinski definition) is 0. The van der Waals surface area contributed by atoms with Crippen molar-refractivity contribution in [3.63, 3.8) is 0 Å². The normalized spacial score (nSPS) is 12.7. The van der Waals surface area contributed by atoms with Crippen molar-refractivity contribution in [1.29, 1.82) is 0 Å². The molecule has 1 heterocycles. The maximum Gasteiger partial charge on any atom is 0.0468 e. The lowest BCUT2D eigenvalue weighted by Gasteiger charge is -2.28. The molecule has 0 aliphatic heterocycles. The first-order valence-corrected chi connectivity index (χ1v) is 21.2. The molecule has 0 N–H and O–H groups in total. The number of hydrogen-bond acceptors (Lipinski definition) is 2. The Morgan fingerprint density at radius 2 is 0.763 bits per heavy atom. The summed E-state index contributed by atoms with van der Waals surface area (Å²) >= 11 is 1.86. The van der Waals surface area contributed by atoms with Crippen LogP contribution in [0.15, 0.2) is 212 Å². The van der Waals surface area contributed by atoms with Crippen LogP contribution in [-0.4, -0.2) is 0 Å². The van der Waals surface area contributed by atoms with Gasteiger partial charge in [0.15, 0.2) is 0 Å². The van der Waals surface area contributed by atoms with Gasteiger partial charge in [-0.25, -0.2) is 0 Å². The maximum atomic E-state index is 2.44. The van der Waals surface area contributed by atoms with Gasteiger partial charge in [-0.1, -0.05) is 153 Å². The van der Waals surface area contributed by atoms with Crippen molar-refractivity contribution in [3.8, 4) is 55.6 Å². The van der Waals surface area contributed by atoms with Gasteiger partial charge in [-0.2, -0.15) is 0 Å². The van der Waals surface area contributed by atoms with Crippen molar-refractivity contribution >= 4 is 48.6 Å². The molecule has 0 fully saturated rings. The molecule has 59 heavy (non-hydrogen) atoms.